The van der Waals surface area contributed by atoms with Crippen molar-refractivity contribution >= 4 is 5.97 Å². The molecule has 5 nitrogen and oxygen atoms in total. The average molecular weight is 711 g/mol. The van der Waals surface area contributed by atoms with Gasteiger partial charge in [-0.3, -0.25) is 4.79 Å². The summed E-state index contributed by atoms with van der Waals surface area (Å²) in [4.78, 5) is 11.7. The molecule has 0 saturated heterocycles. The summed E-state index contributed by atoms with van der Waals surface area (Å²) < 4.78 is 247. The Morgan fingerprint density at radius 1 is 0.622 bits per heavy atom. The molecule has 23 heteroatoms. The fraction of sp³-hybridized carbons (Fsp3) is 0.909. The van der Waals surface area contributed by atoms with Gasteiger partial charge in [-0.2, -0.15) is 79.0 Å². The van der Waals surface area contributed by atoms with E-state index in [4.69, 9.17) is 14.6 Å². The zero-order valence-corrected chi connectivity index (χ0v) is 22.3. The van der Waals surface area contributed by atoms with E-state index in [0.717, 1.165) is 0 Å². The first-order valence-corrected chi connectivity index (χ1v) is 12.2. The van der Waals surface area contributed by atoms with Gasteiger partial charge in [-0.1, -0.05) is 0 Å². The van der Waals surface area contributed by atoms with E-state index in [2.05, 4.69) is 11.7 Å². The lowest BCUT2D eigenvalue weighted by atomic mass is 10.00. The van der Waals surface area contributed by atoms with Crippen molar-refractivity contribution in [1.82, 2.24) is 0 Å². The lowest BCUT2D eigenvalue weighted by Gasteiger charge is -2.34. The van der Waals surface area contributed by atoms with E-state index in [1.807, 2.05) is 0 Å². The number of aliphatic hydroxyl groups is 1. The lowest BCUT2D eigenvalue weighted by Crippen LogP contribution is -2.60. The Balaban J connectivity index is 5.42. The van der Waals surface area contributed by atoms with Crippen LogP contribution >= 0.6 is 0 Å². The quantitative estimate of drug-likeness (QED) is 0.0610. The fourth-order valence-electron chi connectivity index (χ4n) is 2.93. The molecule has 0 amide bonds. The van der Waals surface area contributed by atoms with Crippen LogP contribution in [0, 0.1) is 12.8 Å². The van der Waals surface area contributed by atoms with E-state index < -0.39 is 131 Å². The second-order valence-electron chi connectivity index (χ2n) is 9.35. The zero-order chi connectivity index (χ0) is 35.9. The molecule has 0 aromatic heterocycles. The van der Waals surface area contributed by atoms with Gasteiger partial charge in [0.15, 0.2) is 6.29 Å². The molecule has 0 rings (SSSR count). The van der Waals surface area contributed by atoms with Gasteiger partial charge in [0.2, 0.25) is 0 Å². The van der Waals surface area contributed by atoms with Crippen molar-refractivity contribution in [2.24, 2.45) is 5.92 Å². The first-order valence-electron chi connectivity index (χ1n) is 12.2. The molecule has 0 heterocycles. The molecule has 0 spiro atoms. The second-order valence-corrected chi connectivity index (χ2v) is 9.35. The Bertz CT molecular complexity index is 861. The van der Waals surface area contributed by atoms with E-state index in [1.165, 1.54) is 0 Å². The number of ether oxygens (including phenoxy) is 3. The summed E-state index contributed by atoms with van der Waals surface area (Å²) in [7, 11) is 0. The van der Waals surface area contributed by atoms with Gasteiger partial charge in [-0.25, -0.2) is 0 Å². The number of rotatable bonds is 20. The Labute approximate surface area is 242 Å². The average Bonchev–Trinajstić information content (AvgIpc) is 2.88. The van der Waals surface area contributed by atoms with Gasteiger partial charge >= 0.3 is 53.9 Å². The molecule has 1 unspecified atom stereocenters. The van der Waals surface area contributed by atoms with Crippen LogP contribution in [-0.4, -0.2) is 91.7 Å². The number of halogens is 18. The summed E-state index contributed by atoms with van der Waals surface area (Å²) in [6, 6.07) is 0. The predicted octanol–water partition coefficient (Wildman–Crippen LogP) is 7.61. The van der Waals surface area contributed by atoms with E-state index in [-0.39, 0.29) is 0 Å². The number of hydrogen-bond acceptors (Lipinski definition) is 5. The molecule has 0 bridgehead atoms. The molecule has 0 aliphatic rings. The second kappa shape index (κ2) is 15.3. The summed E-state index contributed by atoms with van der Waals surface area (Å²) in [6.07, 6.45) is -25.3. The molecule has 0 aromatic carbocycles. The van der Waals surface area contributed by atoms with Gasteiger partial charge in [0, 0.05) is 45.0 Å². The van der Waals surface area contributed by atoms with Crippen LogP contribution in [0.25, 0.3) is 0 Å². The van der Waals surface area contributed by atoms with Crippen molar-refractivity contribution < 1.29 is 103 Å². The van der Waals surface area contributed by atoms with Crippen LogP contribution in [0.1, 0.15) is 38.5 Å². The van der Waals surface area contributed by atoms with Gasteiger partial charge in [-0.15, -0.1) is 0 Å². The molecule has 0 saturated carbocycles. The van der Waals surface area contributed by atoms with Crippen LogP contribution in [0.5, 0.6) is 0 Å². The molecule has 0 aliphatic carbocycles. The van der Waals surface area contributed by atoms with E-state index in [9.17, 15) is 83.8 Å². The van der Waals surface area contributed by atoms with Crippen LogP contribution in [-0.2, 0) is 19.0 Å². The SMILES string of the molecule is [CH2]C(CO)COC(=O)CCC(OCCCC(F)(F)C(F)(F)C(F)(F)C(F)(F)F)OCCCC(F)(F)C(F)(F)C(F)(F)C(F)(F)F. The topological polar surface area (TPSA) is 65.0 Å². The predicted molar refractivity (Wildman–Crippen MR) is 112 cm³/mol. The van der Waals surface area contributed by atoms with Crippen molar-refractivity contribution in [2.75, 3.05) is 26.4 Å². The third-order valence-electron chi connectivity index (χ3n) is 5.62. The highest BCUT2D eigenvalue weighted by Crippen LogP contribution is 2.55. The zero-order valence-electron chi connectivity index (χ0n) is 22.3. The van der Waals surface area contributed by atoms with Crippen molar-refractivity contribution in [1.29, 1.82) is 0 Å². The summed E-state index contributed by atoms with van der Waals surface area (Å²) in [5, 5.41) is 8.80. The van der Waals surface area contributed by atoms with Crippen molar-refractivity contribution in [3.8, 4) is 0 Å². The summed E-state index contributed by atoms with van der Waals surface area (Å²) in [6.45, 7) is -0.198. The Hall–Kier alpha value is -1.91. The minimum atomic E-state index is -7.18. The maximum atomic E-state index is 13.6. The van der Waals surface area contributed by atoms with Crippen LogP contribution in [0.2, 0.25) is 0 Å². The smallest absolute Gasteiger partial charge is 0.460 e. The Kier molecular flexibility index (Phi) is 14.7. The van der Waals surface area contributed by atoms with Gasteiger partial charge in [0.05, 0.1) is 13.0 Å². The number of alkyl halides is 18. The molecule has 0 fully saturated rings. The first kappa shape index (κ1) is 43.1. The van der Waals surface area contributed by atoms with E-state index in [0.29, 0.717) is 0 Å². The molecule has 1 radical (unpaired) electrons. The largest absolute Gasteiger partial charge is 0.465 e. The maximum Gasteiger partial charge on any atom is 0.460 e. The summed E-state index contributed by atoms with van der Waals surface area (Å²) in [5.74, 6) is -42.2. The summed E-state index contributed by atoms with van der Waals surface area (Å²) >= 11 is 0. The Morgan fingerprint density at radius 2 is 0.978 bits per heavy atom. The first-order chi connectivity index (χ1) is 19.9. The monoisotopic (exact) mass is 711 g/mol. The minimum Gasteiger partial charge on any atom is -0.465 e. The van der Waals surface area contributed by atoms with Crippen molar-refractivity contribution in [2.45, 2.75) is 92.7 Å². The molecule has 269 valence electrons. The normalized spacial score (nSPS) is 15.5. The number of carbonyl (C=O) groups is 1. The number of aliphatic hydroxyl groups excluding tert-OH is 1. The van der Waals surface area contributed by atoms with Gasteiger partial charge in [0.25, 0.3) is 0 Å². The minimum absolute atomic E-state index is 0.473. The molecule has 45 heavy (non-hydrogen) atoms. The highest BCUT2D eigenvalue weighted by atomic mass is 19.4. The Morgan fingerprint density at radius 3 is 1.29 bits per heavy atom. The molecule has 1 atom stereocenters. The van der Waals surface area contributed by atoms with E-state index >= 15 is 0 Å². The third kappa shape index (κ3) is 10.5. The van der Waals surface area contributed by atoms with Crippen LogP contribution < -0.4 is 0 Å². The molecule has 1 N–H and O–H groups in total. The molecular formula is C22H25F18O5. The van der Waals surface area contributed by atoms with Crippen molar-refractivity contribution in [3.05, 3.63) is 6.92 Å². The highest BCUT2D eigenvalue weighted by molar-refractivity contribution is 5.69. The standard InChI is InChI=1S/C22H25F18O5/c1-12(10-41)11-45-13(42)4-5-14(43-8-2-6-15(23,24)17(27,28)19(31,32)21(35,36)37)44-9-3-7-16(25,26)18(29,30)20(33,34)22(38,39)40/h12,14,41H,1-11H2. The van der Waals surface area contributed by atoms with Crippen molar-refractivity contribution in [3.63, 3.8) is 0 Å². The van der Waals surface area contributed by atoms with E-state index in [1.54, 1.807) is 0 Å². The maximum absolute atomic E-state index is 13.6. The van der Waals surface area contributed by atoms with Crippen LogP contribution in [0.3, 0.4) is 0 Å². The van der Waals surface area contributed by atoms with Gasteiger partial charge < -0.3 is 19.3 Å². The van der Waals surface area contributed by atoms with Gasteiger partial charge in [0.1, 0.15) is 0 Å². The van der Waals surface area contributed by atoms with Crippen LogP contribution in [0.15, 0.2) is 0 Å². The molecule has 0 aliphatic heterocycles. The number of carbonyl (C=O) groups excluding carboxylic acids is 1. The highest BCUT2D eigenvalue weighted by Gasteiger charge is 2.82. The molecule has 0 aromatic rings. The fourth-order valence-corrected chi connectivity index (χ4v) is 2.93. The summed E-state index contributed by atoms with van der Waals surface area (Å²) in [5.41, 5.74) is 0. The van der Waals surface area contributed by atoms with Crippen LogP contribution in [0.4, 0.5) is 79.0 Å². The number of hydrogen-bond donors (Lipinski definition) is 1. The molecular weight excluding hydrogens is 686 g/mol. The number of esters is 1. The van der Waals surface area contributed by atoms with Gasteiger partial charge in [-0.05, 0) is 19.8 Å². The third-order valence-corrected chi connectivity index (χ3v) is 5.62. The lowest BCUT2D eigenvalue weighted by molar-refractivity contribution is -0.397.